The molecule has 21 heavy (non-hydrogen) atoms. The van der Waals surface area contributed by atoms with Crippen LogP contribution in [0.15, 0.2) is 0 Å². The summed E-state index contributed by atoms with van der Waals surface area (Å²) in [7, 11) is 0. The molecule has 0 rings (SSSR count). The van der Waals surface area contributed by atoms with Gasteiger partial charge in [-0.05, 0) is 0 Å². The van der Waals surface area contributed by atoms with Crippen LogP contribution < -0.4 is 0 Å². The number of carbonyl (C=O) groups is 1. The lowest BCUT2D eigenvalue weighted by atomic mass is 9.99. The van der Waals surface area contributed by atoms with Crippen molar-refractivity contribution in [3.05, 3.63) is 0 Å². The van der Waals surface area contributed by atoms with E-state index in [1.165, 1.54) is 0 Å². The summed E-state index contributed by atoms with van der Waals surface area (Å²) in [5.74, 6) is -25.9. The Morgan fingerprint density at radius 3 is 1.24 bits per heavy atom. The second kappa shape index (κ2) is 4.90. The van der Waals surface area contributed by atoms with Crippen molar-refractivity contribution in [3.63, 3.8) is 0 Å². The fraction of sp³-hybridized carbons (Fsp3) is 0.857. The predicted octanol–water partition coefficient (Wildman–Crippen LogP) is 3.92. The molecule has 1 nitrogen and oxygen atoms in total. The van der Waals surface area contributed by atoms with Crippen molar-refractivity contribution in [2.24, 2.45) is 0 Å². The van der Waals surface area contributed by atoms with Gasteiger partial charge in [-0.25, -0.2) is 4.39 Å². The normalized spacial score (nSPS) is 16.8. The minimum absolute atomic E-state index is 4.55. The zero-order chi connectivity index (χ0) is 17.7. The highest BCUT2D eigenvalue weighted by Gasteiger charge is 2.79. The van der Waals surface area contributed by atoms with Gasteiger partial charge in [0.15, 0.2) is 0 Å². The molecule has 0 aliphatic rings. The fourth-order valence-electron chi connectivity index (χ4n) is 0.800. The molecule has 0 bridgehead atoms. The Labute approximate surface area is 105 Å². The van der Waals surface area contributed by atoms with E-state index >= 15 is 0 Å². The van der Waals surface area contributed by atoms with Crippen molar-refractivity contribution in [1.82, 2.24) is 0 Å². The molecule has 14 heteroatoms. The Hall–Kier alpha value is -1.24. The van der Waals surface area contributed by atoms with Gasteiger partial charge in [0, 0.05) is 0 Å². The molecule has 0 N–H and O–H groups in total. The molecule has 0 saturated carbocycles. The van der Waals surface area contributed by atoms with E-state index < -0.39 is 42.1 Å². The standard InChI is InChI=1S/C7HF13O/c8-1(3(9,10)6(15,16)17)2(21)4(11,12)5(13,14)7(18,19)20/h1H. The summed E-state index contributed by atoms with van der Waals surface area (Å²) in [6.07, 6.45) is -19.8. The van der Waals surface area contributed by atoms with E-state index in [2.05, 4.69) is 0 Å². The second-order valence-electron chi connectivity index (χ2n) is 3.49. The van der Waals surface area contributed by atoms with Gasteiger partial charge in [0.1, 0.15) is 0 Å². The zero-order valence-electron chi connectivity index (χ0n) is 8.90. The van der Waals surface area contributed by atoms with Gasteiger partial charge in [-0.1, -0.05) is 0 Å². The average molecular weight is 348 g/mol. The molecule has 1 unspecified atom stereocenters. The summed E-state index contributed by atoms with van der Waals surface area (Å²) in [4.78, 5) is 10.3. The fourth-order valence-corrected chi connectivity index (χ4v) is 0.800. The van der Waals surface area contributed by atoms with E-state index in [-0.39, 0.29) is 0 Å². The number of Topliss-reactive ketones (excluding diaryl/α,β-unsaturated/α-hetero) is 1. The Bertz CT molecular complexity index is 402. The van der Waals surface area contributed by atoms with Gasteiger partial charge in [-0.3, -0.25) is 4.79 Å². The number of halogens is 13. The molecule has 0 aromatic heterocycles. The molecule has 0 amide bonds. The van der Waals surface area contributed by atoms with Crippen LogP contribution in [0, 0.1) is 0 Å². The molecular formula is C7HF13O. The molecule has 0 aromatic carbocycles. The molecular weight excluding hydrogens is 347 g/mol. The third-order valence-corrected chi connectivity index (χ3v) is 1.99. The van der Waals surface area contributed by atoms with Crippen LogP contribution in [0.4, 0.5) is 57.1 Å². The monoisotopic (exact) mass is 348 g/mol. The third kappa shape index (κ3) is 3.02. The Morgan fingerprint density at radius 2 is 1.00 bits per heavy atom. The topological polar surface area (TPSA) is 17.1 Å². The number of carbonyl (C=O) groups excluding carboxylic acids is 1. The van der Waals surface area contributed by atoms with Crippen LogP contribution >= 0.6 is 0 Å². The Balaban J connectivity index is 5.73. The summed E-state index contributed by atoms with van der Waals surface area (Å²) < 4.78 is 156. The van der Waals surface area contributed by atoms with Crippen LogP contribution in [-0.4, -0.2) is 42.1 Å². The number of hydrogen-bond acceptors (Lipinski definition) is 1. The number of ketones is 1. The maximum atomic E-state index is 12.5. The minimum atomic E-state index is -7.34. The quantitative estimate of drug-likeness (QED) is 0.704. The van der Waals surface area contributed by atoms with Gasteiger partial charge in [0.25, 0.3) is 0 Å². The number of rotatable bonds is 4. The van der Waals surface area contributed by atoms with Gasteiger partial charge < -0.3 is 0 Å². The largest absolute Gasteiger partial charge is 0.460 e. The van der Waals surface area contributed by atoms with Crippen LogP contribution in [0.1, 0.15) is 0 Å². The molecule has 0 radical (unpaired) electrons. The highest BCUT2D eigenvalue weighted by atomic mass is 19.4. The van der Waals surface area contributed by atoms with Gasteiger partial charge in [-0.15, -0.1) is 0 Å². The Morgan fingerprint density at radius 1 is 0.667 bits per heavy atom. The van der Waals surface area contributed by atoms with Gasteiger partial charge in [-0.2, -0.15) is 52.7 Å². The van der Waals surface area contributed by atoms with Gasteiger partial charge in [0.05, 0.1) is 0 Å². The van der Waals surface area contributed by atoms with Crippen LogP contribution in [0.3, 0.4) is 0 Å². The molecule has 0 saturated heterocycles. The summed E-state index contributed by atoms with van der Waals surface area (Å²) in [5.41, 5.74) is 0. The van der Waals surface area contributed by atoms with E-state index in [0.717, 1.165) is 0 Å². The summed E-state index contributed by atoms with van der Waals surface area (Å²) in [6, 6.07) is 0. The van der Waals surface area contributed by atoms with E-state index in [1.807, 2.05) is 0 Å². The second-order valence-corrected chi connectivity index (χ2v) is 3.49. The smallest absolute Gasteiger partial charge is 0.289 e. The maximum absolute atomic E-state index is 12.5. The van der Waals surface area contributed by atoms with E-state index in [1.54, 1.807) is 0 Å². The minimum Gasteiger partial charge on any atom is -0.289 e. The van der Waals surface area contributed by atoms with Gasteiger partial charge >= 0.3 is 30.1 Å². The predicted molar refractivity (Wildman–Crippen MR) is 36.9 cm³/mol. The number of alkyl halides is 13. The summed E-state index contributed by atoms with van der Waals surface area (Å²) in [6.45, 7) is 0. The number of hydrogen-bond donors (Lipinski definition) is 0. The first-order valence-corrected chi connectivity index (χ1v) is 4.27. The zero-order valence-corrected chi connectivity index (χ0v) is 8.90. The first-order valence-electron chi connectivity index (χ1n) is 4.27. The lowest BCUT2D eigenvalue weighted by molar-refractivity contribution is -0.348. The molecule has 1 atom stereocenters. The lowest BCUT2D eigenvalue weighted by Crippen LogP contribution is -2.61. The van der Waals surface area contributed by atoms with Crippen molar-refractivity contribution >= 4 is 5.78 Å². The molecule has 0 heterocycles. The molecule has 126 valence electrons. The highest BCUT2D eigenvalue weighted by Crippen LogP contribution is 2.49. The van der Waals surface area contributed by atoms with Crippen molar-refractivity contribution < 1.29 is 61.9 Å². The highest BCUT2D eigenvalue weighted by molar-refractivity contribution is 5.91. The summed E-state index contributed by atoms with van der Waals surface area (Å²) in [5, 5.41) is 0. The van der Waals surface area contributed by atoms with Crippen molar-refractivity contribution in [1.29, 1.82) is 0 Å². The van der Waals surface area contributed by atoms with E-state index in [0.29, 0.717) is 0 Å². The van der Waals surface area contributed by atoms with Crippen molar-refractivity contribution in [2.45, 2.75) is 36.3 Å². The SMILES string of the molecule is O=C(C(F)C(F)(F)C(F)(F)F)C(F)(F)C(F)(F)C(F)(F)F. The van der Waals surface area contributed by atoms with Crippen molar-refractivity contribution in [2.75, 3.05) is 0 Å². The van der Waals surface area contributed by atoms with Gasteiger partial charge in [0.2, 0.25) is 12.0 Å². The van der Waals surface area contributed by atoms with Crippen LogP contribution in [0.2, 0.25) is 0 Å². The van der Waals surface area contributed by atoms with Crippen molar-refractivity contribution in [3.8, 4) is 0 Å². The summed E-state index contributed by atoms with van der Waals surface area (Å²) >= 11 is 0. The van der Waals surface area contributed by atoms with Crippen LogP contribution in [0.25, 0.3) is 0 Å². The molecule has 0 spiro atoms. The molecule has 0 aliphatic heterocycles. The first-order chi connectivity index (χ1) is 8.82. The average Bonchev–Trinajstić information content (AvgIpc) is 2.23. The molecule has 0 fully saturated rings. The third-order valence-electron chi connectivity index (χ3n) is 1.99. The van der Waals surface area contributed by atoms with Crippen LogP contribution in [0.5, 0.6) is 0 Å². The van der Waals surface area contributed by atoms with E-state index in [4.69, 9.17) is 0 Å². The maximum Gasteiger partial charge on any atom is 0.460 e. The van der Waals surface area contributed by atoms with Crippen LogP contribution in [-0.2, 0) is 4.79 Å². The van der Waals surface area contributed by atoms with E-state index in [9.17, 15) is 61.9 Å². The lowest BCUT2D eigenvalue weighted by Gasteiger charge is -2.30. The molecule has 0 aromatic rings. The first kappa shape index (κ1) is 19.8. The Kier molecular flexibility index (Phi) is 4.61. The molecule has 0 aliphatic carbocycles.